The van der Waals surface area contributed by atoms with Crippen molar-refractivity contribution in [1.29, 1.82) is 0 Å². The Morgan fingerprint density at radius 1 is 1.45 bits per heavy atom. The van der Waals surface area contributed by atoms with Crippen LogP contribution in [0.4, 0.5) is 0 Å². The van der Waals surface area contributed by atoms with Gasteiger partial charge in [-0.25, -0.2) is 0 Å². The molecule has 20 heavy (non-hydrogen) atoms. The smallest absolute Gasteiger partial charge is 0.193 e. The van der Waals surface area contributed by atoms with E-state index in [1.165, 1.54) is 0 Å². The molecule has 0 amide bonds. The van der Waals surface area contributed by atoms with Crippen molar-refractivity contribution in [2.75, 3.05) is 38.2 Å². The highest BCUT2D eigenvalue weighted by molar-refractivity contribution is 8.00. The van der Waals surface area contributed by atoms with Crippen LogP contribution in [-0.4, -0.2) is 62.8 Å². The van der Waals surface area contributed by atoms with Crippen molar-refractivity contribution in [1.82, 2.24) is 10.2 Å². The number of nitrogens with one attached hydrogen (secondary N) is 1. The number of thioether (sulfide) groups is 1. The second-order valence-electron chi connectivity index (χ2n) is 6.67. The van der Waals surface area contributed by atoms with Crippen molar-refractivity contribution in [2.24, 2.45) is 4.99 Å². The Hall–Kier alpha value is -0.230. The average Bonchev–Trinajstić information content (AvgIpc) is 2.31. The Morgan fingerprint density at radius 2 is 2.10 bits per heavy atom. The van der Waals surface area contributed by atoms with Crippen molar-refractivity contribution in [3.8, 4) is 0 Å². The van der Waals surface area contributed by atoms with E-state index >= 15 is 0 Å². The van der Waals surface area contributed by atoms with Crippen molar-refractivity contribution < 1.29 is 4.21 Å². The molecular weight excluding hydrogens is 290 g/mol. The van der Waals surface area contributed by atoms with Crippen LogP contribution in [0, 0.1) is 0 Å². The van der Waals surface area contributed by atoms with E-state index in [9.17, 15) is 4.21 Å². The number of guanidine groups is 1. The molecule has 1 rings (SSSR count). The zero-order valence-electron chi connectivity index (χ0n) is 13.7. The molecule has 0 spiro atoms. The maximum Gasteiger partial charge on any atom is 0.193 e. The third-order valence-electron chi connectivity index (χ3n) is 3.19. The lowest BCUT2D eigenvalue weighted by Crippen LogP contribution is -2.51. The highest BCUT2D eigenvalue weighted by atomic mass is 32.2. The van der Waals surface area contributed by atoms with E-state index in [1.807, 2.05) is 39.6 Å². The van der Waals surface area contributed by atoms with Gasteiger partial charge < -0.3 is 10.2 Å². The number of rotatable bonds is 3. The average molecular weight is 320 g/mol. The summed E-state index contributed by atoms with van der Waals surface area (Å²) in [6, 6.07) is 0. The molecule has 1 unspecified atom stereocenters. The van der Waals surface area contributed by atoms with E-state index in [0.717, 1.165) is 24.8 Å². The van der Waals surface area contributed by atoms with E-state index in [0.29, 0.717) is 12.3 Å². The van der Waals surface area contributed by atoms with E-state index in [-0.39, 0.29) is 9.49 Å². The first-order chi connectivity index (χ1) is 9.15. The van der Waals surface area contributed by atoms with Gasteiger partial charge in [0.2, 0.25) is 0 Å². The fraction of sp³-hybridized carbons (Fsp3) is 0.929. The van der Waals surface area contributed by atoms with E-state index in [1.54, 1.807) is 0 Å². The molecule has 0 aliphatic carbocycles. The Morgan fingerprint density at radius 3 is 2.60 bits per heavy atom. The van der Waals surface area contributed by atoms with Gasteiger partial charge in [0, 0.05) is 58.5 Å². The molecule has 0 aromatic carbocycles. The van der Waals surface area contributed by atoms with Crippen LogP contribution in [0.1, 0.15) is 34.6 Å². The van der Waals surface area contributed by atoms with Gasteiger partial charge in [0.05, 0.1) is 0 Å². The summed E-state index contributed by atoms with van der Waals surface area (Å²) >= 11 is 2.01. The van der Waals surface area contributed by atoms with Crippen molar-refractivity contribution in [3.63, 3.8) is 0 Å². The third-order valence-corrected chi connectivity index (χ3v) is 6.43. The first-order valence-electron chi connectivity index (χ1n) is 7.14. The first kappa shape index (κ1) is 17.8. The molecule has 4 nitrogen and oxygen atoms in total. The second kappa shape index (κ2) is 7.16. The Balaban J connectivity index is 2.47. The molecule has 6 heteroatoms. The van der Waals surface area contributed by atoms with Crippen LogP contribution in [0.25, 0.3) is 0 Å². The number of hydrogen-bond donors (Lipinski definition) is 1. The van der Waals surface area contributed by atoms with Crippen LogP contribution >= 0.6 is 11.8 Å². The molecule has 118 valence electrons. The molecular formula is C14H29N3OS2. The molecule has 0 radical (unpaired) electrons. The quantitative estimate of drug-likeness (QED) is 0.638. The first-order valence-corrected chi connectivity index (χ1v) is 9.44. The van der Waals surface area contributed by atoms with E-state index in [2.05, 4.69) is 29.1 Å². The number of nitrogens with zero attached hydrogens (tertiary/aromatic N) is 2. The van der Waals surface area contributed by atoms with Gasteiger partial charge >= 0.3 is 0 Å². The summed E-state index contributed by atoms with van der Waals surface area (Å²) in [5.41, 5.74) is 0. The SMILES string of the molecule is CN=C(NCCS(=O)C(C)(C)C)N1CCSC(C)(C)C1. The van der Waals surface area contributed by atoms with Crippen molar-refractivity contribution in [3.05, 3.63) is 0 Å². The van der Waals surface area contributed by atoms with Crippen LogP contribution in [0.15, 0.2) is 4.99 Å². The highest BCUT2D eigenvalue weighted by Gasteiger charge is 2.28. The molecule has 0 saturated carbocycles. The topological polar surface area (TPSA) is 44.7 Å². The minimum atomic E-state index is -0.816. The van der Waals surface area contributed by atoms with Gasteiger partial charge in [0.15, 0.2) is 5.96 Å². The van der Waals surface area contributed by atoms with Gasteiger partial charge in [-0.15, -0.1) is 0 Å². The molecule has 1 atom stereocenters. The van der Waals surface area contributed by atoms with Gasteiger partial charge in [0.1, 0.15) is 0 Å². The molecule has 0 aromatic heterocycles. The summed E-state index contributed by atoms with van der Waals surface area (Å²) in [6.45, 7) is 13.3. The van der Waals surface area contributed by atoms with Crippen LogP contribution in [0.3, 0.4) is 0 Å². The molecule has 1 N–H and O–H groups in total. The van der Waals surface area contributed by atoms with Crippen LogP contribution in [0.5, 0.6) is 0 Å². The number of hydrogen-bond acceptors (Lipinski definition) is 3. The lowest BCUT2D eigenvalue weighted by molar-refractivity contribution is 0.377. The summed E-state index contributed by atoms with van der Waals surface area (Å²) in [5, 5.41) is 3.35. The minimum Gasteiger partial charge on any atom is -0.355 e. The van der Waals surface area contributed by atoms with Crippen LogP contribution in [-0.2, 0) is 10.8 Å². The zero-order chi connectivity index (χ0) is 15.4. The fourth-order valence-electron chi connectivity index (χ4n) is 2.09. The Labute approximate surface area is 130 Å². The summed E-state index contributed by atoms with van der Waals surface area (Å²) in [4.78, 5) is 6.66. The molecule has 0 aromatic rings. The standard InChI is InChI=1S/C14H29N3OS2/c1-13(2,3)20(18)10-7-16-12(15-6)17-8-9-19-14(4,5)11-17/h7-11H2,1-6H3,(H,15,16). The normalized spacial score (nSPS) is 21.7. The van der Waals surface area contributed by atoms with Gasteiger partial charge in [-0.05, 0) is 34.6 Å². The molecule has 1 fully saturated rings. The molecule has 1 heterocycles. The highest BCUT2D eigenvalue weighted by Crippen LogP contribution is 2.29. The summed E-state index contributed by atoms with van der Waals surface area (Å²) in [5.74, 6) is 2.72. The molecule has 1 saturated heterocycles. The molecule has 1 aliphatic rings. The van der Waals surface area contributed by atoms with Crippen LogP contribution < -0.4 is 5.32 Å². The Bertz CT molecular complexity index is 375. The zero-order valence-corrected chi connectivity index (χ0v) is 15.3. The summed E-state index contributed by atoms with van der Waals surface area (Å²) in [7, 11) is 1.00. The monoisotopic (exact) mass is 319 g/mol. The van der Waals surface area contributed by atoms with Gasteiger partial charge in [0.25, 0.3) is 0 Å². The van der Waals surface area contributed by atoms with Gasteiger partial charge in [-0.3, -0.25) is 9.20 Å². The van der Waals surface area contributed by atoms with E-state index < -0.39 is 10.8 Å². The van der Waals surface area contributed by atoms with Crippen LogP contribution in [0.2, 0.25) is 0 Å². The van der Waals surface area contributed by atoms with Crippen molar-refractivity contribution >= 4 is 28.5 Å². The fourth-order valence-corrected chi connectivity index (χ4v) is 4.10. The lowest BCUT2D eigenvalue weighted by Gasteiger charge is -2.39. The minimum absolute atomic E-state index is 0.144. The largest absolute Gasteiger partial charge is 0.355 e. The summed E-state index contributed by atoms with van der Waals surface area (Å²) in [6.07, 6.45) is 0. The van der Waals surface area contributed by atoms with Gasteiger partial charge in [-0.1, -0.05) is 0 Å². The Kier molecular flexibility index (Phi) is 6.38. The predicted molar refractivity (Wildman–Crippen MR) is 92.2 cm³/mol. The molecule has 1 aliphatic heterocycles. The molecule has 0 bridgehead atoms. The summed E-state index contributed by atoms with van der Waals surface area (Å²) < 4.78 is 12.2. The maximum absolute atomic E-state index is 12.0. The second-order valence-corrected chi connectivity index (χ2v) is 10.8. The maximum atomic E-state index is 12.0. The lowest BCUT2D eigenvalue weighted by atomic mass is 10.2. The van der Waals surface area contributed by atoms with Gasteiger partial charge in [-0.2, -0.15) is 11.8 Å². The van der Waals surface area contributed by atoms with E-state index in [4.69, 9.17) is 0 Å². The number of aliphatic imine (C=N–C) groups is 1. The van der Waals surface area contributed by atoms with Crippen molar-refractivity contribution in [2.45, 2.75) is 44.1 Å². The predicted octanol–water partition coefficient (Wildman–Crippen LogP) is 1.94. The third kappa shape index (κ3) is 5.64.